The average Bonchev–Trinajstić information content (AvgIpc) is 2.75. The fraction of sp³-hybridized carbons (Fsp3) is 0.231. The van der Waals surface area contributed by atoms with Crippen LogP contribution in [-0.2, 0) is 6.42 Å². The third-order valence-corrected chi connectivity index (χ3v) is 2.86. The number of aromatic carboxylic acids is 1. The number of carboxylic acid groups (broad SMARTS) is 1. The first kappa shape index (κ1) is 12.9. The van der Waals surface area contributed by atoms with Crippen molar-refractivity contribution in [1.29, 1.82) is 0 Å². The Labute approximate surface area is 109 Å². The quantitative estimate of drug-likeness (QED) is 0.873. The van der Waals surface area contributed by atoms with Crippen molar-refractivity contribution in [2.24, 2.45) is 0 Å². The zero-order valence-electron chi connectivity index (χ0n) is 10.6. The molecule has 0 aliphatic heterocycles. The van der Waals surface area contributed by atoms with Crippen molar-refractivity contribution in [3.05, 3.63) is 45.9 Å². The molecular weight excluding hydrogens is 248 g/mol. The summed E-state index contributed by atoms with van der Waals surface area (Å²) in [6.45, 7) is 1.78. The van der Waals surface area contributed by atoms with E-state index in [0.29, 0.717) is 23.6 Å². The molecule has 0 spiro atoms. The molecule has 1 heterocycles. The topological polar surface area (TPSA) is 84.3 Å². The molecule has 0 atom stereocenters. The molecule has 0 saturated carbocycles. The lowest BCUT2D eigenvalue weighted by molar-refractivity contribution is 0.0694. The maximum Gasteiger partial charge on any atom is 0.343 e. The zero-order chi connectivity index (χ0) is 14.0. The molecule has 100 valence electrons. The molecule has 1 aromatic carbocycles. The second-order valence-electron chi connectivity index (χ2n) is 3.94. The van der Waals surface area contributed by atoms with Gasteiger partial charge in [-0.1, -0.05) is 19.1 Å². The van der Waals surface area contributed by atoms with Gasteiger partial charge in [0.1, 0.15) is 17.0 Å². The third kappa shape index (κ3) is 2.12. The number of hydrogen-bond donors (Lipinski definition) is 2. The van der Waals surface area contributed by atoms with Crippen LogP contribution in [-0.4, -0.2) is 28.0 Å². The van der Waals surface area contributed by atoms with Gasteiger partial charge in [-0.3, -0.25) is 9.89 Å². The first-order valence-corrected chi connectivity index (χ1v) is 5.80. The minimum Gasteiger partial charge on any atom is -0.494 e. The molecule has 19 heavy (non-hydrogen) atoms. The number of nitrogens with one attached hydrogen (secondary N) is 1. The van der Waals surface area contributed by atoms with E-state index in [2.05, 4.69) is 5.10 Å². The van der Waals surface area contributed by atoms with Crippen LogP contribution in [0, 0.1) is 0 Å². The van der Waals surface area contributed by atoms with E-state index in [9.17, 15) is 9.59 Å². The smallest absolute Gasteiger partial charge is 0.343 e. The Bertz CT molecular complexity index is 670. The summed E-state index contributed by atoms with van der Waals surface area (Å²) in [5.74, 6) is -0.739. The summed E-state index contributed by atoms with van der Waals surface area (Å²) in [6.07, 6.45) is 0.430. The highest BCUT2D eigenvalue weighted by Gasteiger charge is 2.21. The van der Waals surface area contributed by atoms with Gasteiger partial charge in [-0.15, -0.1) is 0 Å². The summed E-state index contributed by atoms with van der Waals surface area (Å²) in [5.41, 5.74) is 0.0582. The number of methoxy groups -OCH3 is 1. The second-order valence-corrected chi connectivity index (χ2v) is 3.94. The summed E-state index contributed by atoms with van der Waals surface area (Å²) in [4.78, 5) is 23.3. The van der Waals surface area contributed by atoms with Gasteiger partial charge in [0.2, 0.25) is 0 Å². The van der Waals surface area contributed by atoms with Crippen molar-refractivity contribution < 1.29 is 14.6 Å². The Kier molecular flexibility index (Phi) is 3.41. The number of carboxylic acids is 1. The van der Waals surface area contributed by atoms with Crippen molar-refractivity contribution in [3.63, 3.8) is 0 Å². The molecule has 0 fully saturated rings. The number of rotatable bonds is 4. The Morgan fingerprint density at radius 1 is 1.42 bits per heavy atom. The monoisotopic (exact) mass is 262 g/mol. The Balaban J connectivity index is 2.70. The first-order valence-electron chi connectivity index (χ1n) is 5.80. The molecule has 6 nitrogen and oxygen atoms in total. The molecule has 2 rings (SSSR count). The normalized spacial score (nSPS) is 10.4. The largest absolute Gasteiger partial charge is 0.494 e. The number of carbonyl (C=O) groups is 1. The van der Waals surface area contributed by atoms with Gasteiger partial charge in [0, 0.05) is 0 Å². The maximum absolute atomic E-state index is 12.2. The van der Waals surface area contributed by atoms with Gasteiger partial charge in [-0.25, -0.2) is 9.48 Å². The summed E-state index contributed by atoms with van der Waals surface area (Å²) < 4.78 is 6.37. The van der Waals surface area contributed by atoms with Crippen LogP contribution in [0.15, 0.2) is 29.1 Å². The van der Waals surface area contributed by atoms with Crippen LogP contribution in [0.1, 0.15) is 23.0 Å². The lowest BCUT2D eigenvalue weighted by Crippen LogP contribution is -2.20. The van der Waals surface area contributed by atoms with E-state index in [0.717, 1.165) is 0 Å². The second kappa shape index (κ2) is 5.01. The van der Waals surface area contributed by atoms with Gasteiger partial charge >= 0.3 is 5.97 Å². The van der Waals surface area contributed by atoms with E-state index in [1.54, 1.807) is 31.2 Å². The Morgan fingerprint density at radius 2 is 2.11 bits per heavy atom. The molecule has 0 saturated heterocycles. The van der Waals surface area contributed by atoms with Crippen molar-refractivity contribution in [2.75, 3.05) is 7.11 Å². The van der Waals surface area contributed by atoms with Crippen molar-refractivity contribution in [2.45, 2.75) is 13.3 Å². The highest BCUT2D eigenvalue weighted by atomic mass is 16.5. The number of nitrogens with zero attached hydrogens (tertiary/aromatic N) is 1. The molecule has 0 aliphatic carbocycles. The molecule has 0 radical (unpaired) electrons. The number of hydrogen-bond acceptors (Lipinski definition) is 3. The molecule has 1 aromatic heterocycles. The van der Waals surface area contributed by atoms with Crippen LogP contribution in [0.25, 0.3) is 5.69 Å². The Morgan fingerprint density at radius 3 is 2.63 bits per heavy atom. The molecule has 0 aliphatic rings. The average molecular weight is 262 g/mol. The standard InChI is InChI=1S/C13H14N2O4/c1-3-8-11(13(17)18)12(16)15(14-8)9-6-4-5-7-10(9)19-2/h4-7,14H,3H2,1-2H3,(H,17,18). The van der Waals surface area contributed by atoms with Gasteiger partial charge in [0.15, 0.2) is 0 Å². The summed E-state index contributed by atoms with van der Waals surface area (Å²) in [6, 6.07) is 6.91. The van der Waals surface area contributed by atoms with Gasteiger partial charge in [0.05, 0.1) is 12.8 Å². The molecule has 6 heteroatoms. The molecule has 0 bridgehead atoms. The summed E-state index contributed by atoms with van der Waals surface area (Å²) in [5, 5.41) is 11.9. The number of H-pyrrole nitrogens is 1. The molecule has 0 unspecified atom stereocenters. The highest BCUT2D eigenvalue weighted by Crippen LogP contribution is 2.20. The lowest BCUT2D eigenvalue weighted by Gasteiger charge is -2.07. The third-order valence-electron chi connectivity index (χ3n) is 2.86. The predicted octanol–water partition coefficient (Wildman–Crippen LogP) is 1.43. The van der Waals surface area contributed by atoms with Crippen LogP contribution in [0.4, 0.5) is 0 Å². The minimum atomic E-state index is -1.23. The van der Waals surface area contributed by atoms with Crippen LogP contribution in [0.5, 0.6) is 5.75 Å². The van der Waals surface area contributed by atoms with E-state index in [4.69, 9.17) is 9.84 Å². The van der Waals surface area contributed by atoms with Crippen LogP contribution < -0.4 is 10.3 Å². The van der Waals surface area contributed by atoms with Crippen molar-refractivity contribution >= 4 is 5.97 Å². The number of aryl methyl sites for hydroxylation is 1. The number of benzene rings is 1. The maximum atomic E-state index is 12.2. The van der Waals surface area contributed by atoms with E-state index in [1.807, 2.05) is 0 Å². The highest BCUT2D eigenvalue weighted by molar-refractivity contribution is 5.88. The molecule has 2 N–H and O–H groups in total. The number of ether oxygens (including phenoxy) is 1. The van der Waals surface area contributed by atoms with Gasteiger partial charge in [-0.2, -0.15) is 0 Å². The SMILES string of the molecule is CCc1[nH]n(-c2ccccc2OC)c(=O)c1C(=O)O. The van der Waals surface area contributed by atoms with Gasteiger partial charge < -0.3 is 9.84 Å². The fourth-order valence-corrected chi connectivity index (χ4v) is 1.94. The number of aromatic nitrogens is 2. The summed E-state index contributed by atoms with van der Waals surface area (Å²) in [7, 11) is 1.49. The molecule has 2 aromatic rings. The van der Waals surface area contributed by atoms with Crippen LogP contribution in [0.2, 0.25) is 0 Å². The van der Waals surface area contributed by atoms with Crippen LogP contribution in [0.3, 0.4) is 0 Å². The number of para-hydroxylation sites is 2. The minimum absolute atomic E-state index is 0.228. The Hall–Kier alpha value is -2.50. The molecular formula is C13H14N2O4. The van der Waals surface area contributed by atoms with Crippen LogP contribution >= 0.6 is 0 Å². The first-order chi connectivity index (χ1) is 9.10. The van der Waals surface area contributed by atoms with E-state index >= 15 is 0 Å². The fourth-order valence-electron chi connectivity index (χ4n) is 1.94. The summed E-state index contributed by atoms with van der Waals surface area (Å²) >= 11 is 0. The van der Waals surface area contributed by atoms with Gasteiger partial charge in [-0.05, 0) is 18.6 Å². The molecule has 0 amide bonds. The predicted molar refractivity (Wildman–Crippen MR) is 69.3 cm³/mol. The van der Waals surface area contributed by atoms with Crippen molar-refractivity contribution in [1.82, 2.24) is 9.78 Å². The van der Waals surface area contributed by atoms with Crippen molar-refractivity contribution in [3.8, 4) is 11.4 Å². The zero-order valence-corrected chi connectivity index (χ0v) is 10.6. The van der Waals surface area contributed by atoms with Gasteiger partial charge in [0.25, 0.3) is 5.56 Å². The lowest BCUT2D eigenvalue weighted by atomic mass is 10.2. The number of aromatic amines is 1. The van der Waals surface area contributed by atoms with E-state index in [1.165, 1.54) is 11.8 Å². The van der Waals surface area contributed by atoms with E-state index in [-0.39, 0.29) is 5.56 Å². The van der Waals surface area contributed by atoms with E-state index < -0.39 is 11.5 Å².